The lowest BCUT2D eigenvalue weighted by Gasteiger charge is -2.06. The van der Waals surface area contributed by atoms with Gasteiger partial charge < -0.3 is 10.1 Å². The van der Waals surface area contributed by atoms with Crippen molar-refractivity contribution in [1.29, 1.82) is 0 Å². The number of carbonyl (C=O) groups is 1. The van der Waals surface area contributed by atoms with Crippen LogP contribution in [0.4, 0.5) is 13.9 Å². The van der Waals surface area contributed by atoms with Crippen LogP contribution in [0.25, 0.3) is 11.3 Å². The van der Waals surface area contributed by atoms with Crippen molar-refractivity contribution in [3.8, 4) is 17.0 Å². The Bertz CT molecular complexity index is 1130. The van der Waals surface area contributed by atoms with E-state index in [9.17, 15) is 22.0 Å². The Morgan fingerprint density at radius 2 is 1.90 bits per heavy atom. The Morgan fingerprint density at radius 1 is 1.17 bits per heavy atom. The van der Waals surface area contributed by atoms with Gasteiger partial charge in [-0.15, -0.1) is 11.3 Å². The summed E-state index contributed by atoms with van der Waals surface area (Å²) in [4.78, 5) is 16.3. The van der Waals surface area contributed by atoms with Crippen molar-refractivity contribution in [1.82, 2.24) is 4.98 Å². The Hall–Kier alpha value is -2.85. The Labute approximate surface area is 170 Å². The third-order valence-corrected chi connectivity index (χ3v) is 6.46. The maximum absolute atomic E-state index is 13.8. The SMILES string of the molecule is COc1ccc(S(=O)(=O)CCC(=O)Nc2nc(-c3ccc(F)cc3F)cs2)cc1. The minimum atomic E-state index is -3.64. The van der Waals surface area contributed by atoms with Crippen molar-refractivity contribution in [2.45, 2.75) is 11.3 Å². The highest BCUT2D eigenvalue weighted by atomic mass is 32.2. The van der Waals surface area contributed by atoms with Gasteiger partial charge in [-0.3, -0.25) is 4.79 Å². The van der Waals surface area contributed by atoms with E-state index in [0.29, 0.717) is 5.75 Å². The second-order valence-corrected chi connectivity index (χ2v) is 8.92. The van der Waals surface area contributed by atoms with Gasteiger partial charge in [0.05, 0.1) is 23.5 Å². The lowest BCUT2D eigenvalue weighted by molar-refractivity contribution is -0.115. The van der Waals surface area contributed by atoms with Crippen molar-refractivity contribution in [3.63, 3.8) is 0 Å². The largest absolute Gasteiger partial charge is 0.497 e. The highest BCUT2D eigenvalue weighted by molar-refractivity contribution is 7.91. The summed E-state index contributed by atoms with van der Waals surface area (Å²) in [6, 6.07) is 8.99. The van der Waals surface area contributed by atoms with Crippen LogP contribution < -0.4 is 10.1 Å². The van der Waals surface area contributed by atoms with E-state index in [2.05, 4.69) is 10.3 Å². The molecule has 0 atom stereocenters. The summed E-state index contributed by atoms with van der Waals surface area (Å²) in [5, 5.41) is 4.20. The normalized spacial score (nSPS) is 11.3. The van der Waals surface area contributed by atoms with E-state index in [1.54, 1.807) is 0 Å². The van der Waals surface area contributed by atoms with E-state index in [0.717, 1.165) is 23.5 Å². The molecule has 0 spiro atoms. The number of thiazole rings is 1. The molecule has 0 aliphatic rings. The molecule has 6 nitrogen and oxygen atoms in total. The fourth-order valence-electron chi connectivity index (χ4n) is 2.46. The molecule has 1 amide bonds. The average molecular weight is 438 g/mol. The molecule has 0 bridgehead atoms. The van der Waals surface area contributed by atoms with E-state index in [1.165, 1.54) is 42.8 Å². The van der Waals surface area contributed by atoms with Gasteiger partial charge in [-0.25, -0.2) is 22.2 Å². The summed E-state index contributed by atoms with van der Waals surface area (Å²) in [7, 11) is -2.16. The summed E-state index contributed by atoms with van der Waals surface area (Å²) in [6.45, 7) is 0. The van der Waals surface area contributed by atoms with Crippen LogP contribution in [0.2, 0.25) is 0 Å². The molecule has 3 rings (SSSR count). The maximum Gasteiger partial charge on any atom is 0.227 e. The smallest absolute Gasteiger partial charge is 0.227 e. The lowest BCUT2D eigenvalue weighted by Crippen LogP contribution is -2.17. The predicted octanol–water partition coefficient (Wildman–Crippen LogP) is 3.90. The number of amides is 1. The van der Waals surface area contributed by atoms with Gasteiger partial charge in [-0.05, 0) is 36.4 Å². The monoisotopic (exact) mass is 438 g/mol. The Morgan fingerprint density at radius 3 is 2.55 bits per heavy atom. The highest BCUT2D eigenvalue weighted by Gasteiger charge is 2.18. The molecule has 152 valence electrons. The second-order valence-electron chi connectivity index (χ2n) is 5.95. The van der Waals surface area contributed by atoms with E-state index in [-0.39, 0.29) is 33.5 Å². The summed E-state index contributed by atoms with van der Waals surface area (Å²) in [5.41, 5.74) is 0.346. The van der Waals surface area contributed by atoms with Gasteiger partial charge in [-0.1, -0.05) is 0 Å². The van der Waals surface area contributed by atoms with Crippen LogP contribution in [0, 0.1) is 11.6 Å². The van der Waals surface area contributed by atoms with Gasteiger partial charge in [0.25, 0.3) is 0 Å². The average Bonchev–Trinajstić information content (AvgIpc) is 3.14. The predicted molar refractivity (Wildman–Crippen MR) is 106 cm³/mol. The first-order valence-corrected chi connectivity index (χ1v) is 10.9. The lowest BCUT2D eigenvalue weighted by atomic mass is 10.1. The number of carbonyl (C=O) groups excluding carboxylic acids is 1. The fraction of sp³-hybridized carbons (Fsp3) is 0.158. The van der Waals surface area contributed by atoms with Crippen LogP contribution >= 0.6 is 11.3 Å². The van der Waals surface area contributed by atoms with Crippen LogP contribution in [-0.4, -0.2) is 32.2 Å². The molecular weight excluding hydrogens is 422 g/mol. The number of methoxy groups -OCH3 is 1. The molecule has 1 N–H and O–H groups in total. The van der Waals surface area contributed by atoms with Gasteiger partial charge in [0.1, 0.15) is 17.4 Å². The number of benzene rings is 2. The van der Waals surface area contributed by atoms with Gasteiger partial charge in [0, 0.05) is 23.4 Å². The Kier molecular flexibility index (Phi) is 6.23. The van der Waals surface area contributed by atoms with Crippen LogP contribution in [0.3, 0.4) is 0 Å². The first-order valence-electron chi connectivity index (χ1n) is 8.36. The summed E-state index contributed by atoms with van der Waals surface area (Å²) in [5.74, 6) is -1.86. The number of aromatic nitrogens is 1. The number of halogens is 2. The first kappa shape index (κ1) is 20.9. The van der Waals surface area contributed by atoms with Crippen LogP contribution in [0.15, 0.2) is 52.7 Å². The van der Waals surface area contributed by atoms with Gasteiger partial charge in [-0.2, -0.15) is 0 Å². The zero-order valence-electron chi connectivity index (χ0n) is 15.2. The van der Waals surface area contributed by atoms with Gasteiger partial charge in [0.15, 0.2) is 15.0 Å². The molecule has 0 saturated heterocycles. The molecule has 0 aliphatic carbocycles. The first-order chi connectivity index (χ1) is 13.8. The number of nitrogens with zero attached hydrogens (tertiary/aromatic N) is 1. The van der Waals surface area contributed by atoms with Crippen LogP contribution in [0.1, 0.15) is 6.42 Å². The van der Waals surface area contributed by atoms with Crippen molar-refractivity contribution in [2.24, 2.45) is 0 Å². The number of nitrogens with one attached hydrogen (secondary N) is 1. The molecule has 0 unspecified atom stereocenters. The number of rotatable bonds is 7. The molecule has 3 aromatic rings. The molecule has 29 heavy (non-hydrogen) atoms. The third kappa shape index (κ3) is 5.15. The summed E-state index contributed by atoms with van der Waals surface area (Å²) in [6.07, 6.45) is -0.270. The van der Waals surface area contributed by atoms with Gasteiger partial charge >= 0.3 is 0 Å². The highest BCUT2D eigenvalue weighted by Crippen LogP contribution is 2.27. The number of hydrogen-bond acceptors (Lipinski definition) is 6. The fourth-order valence-corrected chi connectivity index (χ4v) is 4.43. The molecule has 0 saturated carbocycles. The van der Waals surface area contributed by atoms with E-state index in [4.69, 9.17) is 4.74 Å². The molecule has 1 aromatic heterocycles. The van der Waals surface area contributed by atoms with Crippen molar-refractivity contribution >= 4 is 32.2 Å². The molecule has 1 heterocycles. The zero-order chi connectivity index (χ0) is 21.0. The summed E-state index contributed by atoms with van der Waals surface area (Å²) >= 11 is 1.05. The molecule has 0 radical (unpaired) electrons. The number of sulfone groups is 1. The minimum absolute atomic E-state index is 0.0921. The number of ether oxygens (including phenoxy) is 1. The molecular formula is C19H16F2N2O4S2. The van der Waals surface area contributed by atoms with Crippen LogP contribution in [-0.2, 0) is 14.6 Å². The standard InChI is InChI=1S/C19H16F2N2O4S2/c1-27-13-3-5-14(6-4-13)29(25,26)9-8-18(24)23-19-22-17(11-28-19)15-7-2-12(20)10-16(15)21/h2-7,10-11H,8-9H2,1H3,(H,22,23,24). The van der Waals surface area contributed by atoms with E-state index < -0.39 is 27.4 Å². The van der Waals surface area contributed by atoms with Crippen molar-refractivity contribution < 1.29 is 26.7 Å². The second kappa shape index (κ2) is 8.66. The summed E-state index contributed by atoms with van der Waals surface area (Å²) < 4.78 is 56.5. The minimum Gasteiger partial charge on any atom is -0.497 e. The molecule has 10 heteroatoms. The van der Waals surface area contributed by atoms with Crippen molar-refractivity contribution in [3.05, 3.63) is 59.5 Å². The number of anilines is 1. The Balaban J connectivity index is 1.61. The quantitative estimate of drug-likeness (QED) is 0.605. The van der Waals surface area contributed by atoms with E-state index >= 15 is 0 Å². The molecule has 0 fully saturated rings. The molecule has 2 aromatic carbocycles. The maximum atomic E-state index is 13.8. The van der Waals surface area contributed by atoms with Gasteiger partial charge in [0.2, 0.25) is 5.91 Å². The zero-order valence-corrected chi connectivity index (χ0v) is 16.8. The molecule has 0 aliphatic heterocycles. The topological polar surface area (TPSA) is 85.4 Å². The third-order valence-electron chi connectivity index (χ3n) is 3.97. The number of hydrogen-bond donors (Lipinski definition) is 1. The van der Waals surface area contributed by atoms with E-state index in [1.807, 2.05) is 0 Å². The van der Waals surface area contributed by atoms with Crippen molar-refractivity contribution in [2.75, 3.05) is 18.2 Å². The van der Waals surface area contributed by atoms with Crippen LogP contribution in [0.5, 0.6) is 5.75 Å².